The monoisotopic (exact) mass is 363 g/mol. The molecule has 1 amide bonds. The van der Waals surface area contributed by atoms with Crippen molar-refractivity contribution >= 4 is 46.2 Å². The SMILES string of the molecule is CN1C(=O)C(c2ccccc2)=CN2C1SC[C@@H]2c1cnc(Cl)s1. The highest BCUT2D eigenvalue weighted by molar-refractivity contribution is 8.00. The molecule has 0 spiro atoms. The van der Waals surface area contributed by atoms with E-state index in [1.807, 2.05) is 54.7 Å². The summed E-state index contributed by atoms with van der Waals surface area (Å²) in [6.07, 6.45) is 3.84. The van der Waals surface area contributed by atoms with Gasteiger partial charge in [0.15, 0.2) is 9.96 Å². The van der Waals surface area contributed by atoms with Crippen molar-refractivity contribution in [3.05, 3.63) is 57.6 Å². The highest BCUT2D eigenvalue weighted by Gasteiger charge is 2.42. The van der Waals surface area contributed by atoms with Gasteiger partial charge in [0.25, 0.3) is 5.91 Å². The van der Waals surface area contributed by atoms with Crippen LogP contribution in [0, 0.1) is 0 Å². The van der Waals surface area contributed by atoms with E-state index in [1.165, 1.54) is 11.3 Å². The Morgan fingerprint density at radius 2 is 2.09 bits per heavy atom. The molecule has 3 heterocycles. The van der Waals surface area contributed by atoms with Gasteiger partial charge in [-0.25, -0.2) is 4.98 Å². The van der Waals surface area contributed by atoms with Gasteiger partial charge >= 0.3 is 0 Å². The smallest absolute Gasteiger partial charge is 0.257 e. The summed E-state index contributed by atoms with van der Waals surface area (Å²) in [6.45, 7) is 0. The highest BCUT2D eigenvalue weighted by Crippen LogP contribution is 2.45. The van der Waals surface area contributed by atoms with Crippen molar-refractivity contribution in [1.82, 2.24) is 14.8 Å². The number of thioether (sulfide) groups is 1. The minimum Gasteiger partial charge on any atom is -0.339 e. The van der Waals surface area contributed by atoms with E-state index in [4.69, 9.17) is 11.6 Å². The third-order valence-corrected chi connectivity index (χ3v) is 6.67. The minimum absolute atomic E-state index is 0.0286. The summed E-state index contributed by atoms with van der Waals surface area (Å²) in [6, 6.07) is 10.0. The number of carbonyl (C=O) groups is 1. The number of aromatic nitrogens is 1. The molecule has 1 aromatic carbocycles. The van der Waals surface area contributed by atoms with Crippen LogP contribution in [-0.2, 0) is 4.79 Å². The Labute approximate surface area is 147 Å². The zero-order chi connectivity index (χ0) is 16.0. The molecule has 1 fully saturated rings. The number of halogens is 1. The van der Waals surface area contributed by atoms with Crippen molar-refractivity contribution < 1.29 is 4.79 Å². The summed E-state index contributed by atoms with van der Waals surface area (Å²) in [7, 11) is 1.87. The number of amides is 1. The fourth-order valence-electron chi connectivity index (χ4n) is 2.93. The van der Waals surface area contributed by atoms with Gasteiger partial charge < -0.3 is 9.80 Å². The van der Waals surface area contributed by atoms with Gasteiger partial charge in [-0.3, -0.25) is 4.79 Å². The van der Waals surface area contributed by atoms with Crippen molar-refractivity contribution in [3.63, 3.8) is 0 Å². The van der Waals surface area contributed by atoms with E-state index in [2.05, 4.69) is 9.88 Å². The fourth-order valence-corrected chi connectivity index (χ4v) is 5.50. The van der Waals surface area contributed by atoms with Crippen molar-refractivity contribution in [2.45, 2.75) is 11.5 Å². The molecule has 4 rings (SSSR count). The number of hydrogen-bond acceptors (Lipinski definition) is 5. The maximum Gasteiger partial charge on any atom is 0.257 e. The number of carbonyl (C=O) groups excluding carboxylic acids is 1. The molecule has 0 aliphatic carbocycles. The Hall–Kier alpha value is -1.50. The molecule has 1 saturated heterocycles. The molecule has 7 heteroatoms. The second kappa shape index (κ2) is 5.85. The first-order valence-electron chi connectivity index (χ1n) is 7.20. The van der Waals surface area contributed by atoms with Gasteiger partial charge in [-0.1, -0.05) is 41.9 Å². The molecule has 2 atom stereocenters. The van der Waals surface area contributed by atoms with Crippen LogP contribution in [0.1, 0.15) is 16.5 Å². The zero-order valence-corrected chi connectivity index (χ0v) is 14.7. The van der Waals surface area contributed by atoms with Gasteiger partial charge in [0, 0.05) is 30.1 Å². The van der Waals surface area contributed by atoms with Crippen LogP contribution in [0.2, 0.25) is 4.47 Å². The predicted molar refractivity (Wildman–Crippen MR) is 95.1 cm³/mol. The number of likely N-dealkylation sites (N-methyl/N-ethyl adjacent to an activating group) is 1. The topological polar surface area (TPSA) is 36.4 Å². The van der Waals surface area contributed by atoms with Crippen LogP contribution >= 0.6 is 34.7 Å². The van der Waals surface area contributed by atoms with E-state index >= 15 is 0 Å². The minimum atomic E-state index is 0.0286. The molecule has 23 heavy (non-hydrogen) atoms. The van der Waals surface area contributed by atoms with Crippen LogP contribution in [0.4, 0.5) is 0 Å². The van der Waals surface area contributed by atoms with Gasteiger partial charge in [-0.2, -0.15) is 0 Å². The third kappa shape index (κ3) is 2.55. The molecule has 2 aliphatic rings. The van der Waals surface area contributed by atoms with Crippen molar-refractivity contribution in [2.24, 2.45) is 0 Å². The van der Waals surface area contributed by atoms with E-state index in [9.17, 15) is 4.79 Å². The first-order valence-corrected chi connectivity index (χ1v) is 9.44. The van der Waals surface area contributed by atoms with Gasteiger partial charge in [0.1, 0.15) is 0 Å². The van der Waals surface area contributed by atoms with Gasteiger partial charge in [0.05, 0.1) is 11.6 Å². The summed E-state index contributed by atoms with van der Waals surface area (Å²) >= 11 is 9.27. The summed E-state index contributed by atoms with van der Waals surface area (Å²) in [5.41, 5.74) is 1.70. The maximum atomic E-state index is 12.7. The van der Waals surface area contributed by atoms with E-state index in [0.717, 1.165) is 21.8 Å². The molecule has 1 aromatic heterocycles. The molecule has 118 valence electrons. The average molecular weight is 364 g/mol. The molecular weight excluding hydrogens is 350 g/mol. The number of hydrogen-bond donors (Lipinski definition) is 0. The molecular formula is C16H14ClN3OS2. The lowest BCUT2D eigenvalue weighted by Crippen LogP contribution is -2.46. The van der Waals surface area contributed by atoms with Crippen molar-refractivity contribution in [1.29, 1.82) is 0 Å². The van der Waals surface area contributed by atoms with E-state index in [0.29, 0.717) is 4.47 Å². The molecule has 0 saturated carbocycles. The van der Waals surface area contributed by atoms with Gasteiger partial charge in [-0.15, -0.1) is 23.1 Å². The first kappa shape index (κ1) is 15.1. The predicted octanol–water partition coefficient (Wildman–Crippen LogP) is 3.68. The molecule has 1 unspecified atom stereocenters. The van der Waals surface area contributed by atoms with Crippen molar-refractivity contribution in [2.75, 3.05) is 12.8 Å². The number of fused-ring (bicyclic) bond motifs is 1. The summed E-state index contributed by atoms with van der Waals surface area (Å²) in [5.74, 6) is 0.979. The van der Waals surface area contributed by atoms with Crippen LogP contribution < -0.4 is 0 Å². The number of nitrogens with zero attached hydrogens (tertiary/aromatic N) is 3. The standard InChI is InChI=1S/C16H14ClN3OS2/c1-19-14(21)11(10-5-3-2-4-6-10)8-20-12(9-22-16(19)20)13-7-18-15(17)23-13/h2-8,12,16H,9H2,1H3/t12-,16?/m1/s1. The number of rotatable bonds is 2. The fraction of sp³-hybridized carbons (Fsp3) is 0.250. The van der Waals surface area contributed by atoms with Gasteiger partial charge in [-0.05, 0) is 5.56 Å². The Morgan fingerprint density at radius 1 is 1.30 bits per heavy atom. The average Bonchev–Trinajstić information content (AvgIpc) is 3.17. The second-order valence-corrected chi connectivity index (χ2v) is 8.20. The maximum absolute atomic E-state index is 12.7. The quantitative estimate of drug-likeness (QED) is 0.815. The van der Waals surface area contributed by atoms with Crippen LogP contribution in [0.5, 0.6) is 0 Å². The van der Waals surface area contributed by atoms with Gasteiger partial charge in [0.2, 0.25) is 0 Å². The van der Waals surface area contributed by atoms with Crippen LogP contribution in [-0.4, -0.2) is 39.0 Å². The Morgan fingerprint density at radius 3 is 2.78 bits per heavy atom. The zero-order valence-electron chi connectivity index (χ0n) is 12.3. The van der Waals surface area contributed by atoms with E-state index < -0.39 is 0 Å². The van der Waals surface area contributed by atoms with E-state index in [-0.39, 0.29) is 17.4 Å². The lowest BCUT2D eigenvalue weighted by atomic mass is 10.0. The Balaban J connectivity index is 1.75. The highest BCUT2D eigenvalue weighted by atomic mass is 35.5. The Bertz CT molecular complexity index is 777. The summed E-state index contributed by atoms with van der Waals surface area (Å²) in [5, 5.41) is 0. The van der Waals surface area contributed by atoms with Crippen LogP contribution in [0.3, 0.4) is 0 Å². The Kier molecular flexibility index (Phi) is 3.83. The molecule has 0 bridgehead atoms. The number of benzene rings is 1. The second-order valence-electron chi connectivity index (χ2n) is 5.46. The van der Waals surface area contributed by atoms with Crippen molar-refractivity contribution in [3.8, 4) is 0 Å². The molecule has 0 N–H and O–H groups in total. The van der Waals surface area contributed by atoms with Crippen LogP contribution in [0.15, 0.2) is 42.7 Å². The third-order valence-electron chi connectivity index (χ3n) is 4.09. The van der Waals surface area contributed by atoms with Crippen LogP contribution in [0.25, 0.3) is 5.57 Å². The molecule has 2 aromatic rings. The lowest BCUT2D eigenvalue weighted by molar-refractivity contribution is -0.127. The normalized spacial score (nSPS) is 23.9. The largest absolute Gasteiger partial charge is 0.339 e. The molecule has 0 radical (unpaired) electrons. The lowest BCUT2D eigenvalue weighted by Gasteiger charge is -2.38. The van der Waals surface area contributed by atoms with E-state index in [1.54, 1.807) is 11.8 Å². The summed E-state index contributed by atoms with van der Waals surface area (Å²) < 4.78 is 0.558. The summed E-state index contributed by atoms with van der Waals surface area (Å²) in [4.78, 5) is 22.1. The molecule has 4 nitrogen and oxygen atoms in total. The number of thiazole rings is 1. The molecule has 2 aliphatic heterocycles. The first-order chi connectivity index (χ1) is 11.1.